The van der Waals surface area contributed by atoms with Gasteiger partial charge in [0.15, 0.2) is 0 Å². The van der Waals surface area contributed by atoms with Crippen molar-refractivity contribution in [1.29, 1.82) is 0 Å². The molecule has 0 fully saturated rings. The summed E-state index contributed by atoms with van der Waals surface area (Å²) in [7, 11) is 1.99. The van der Waals surface area contributed by atoms with E-state index in [1.165, 1.54) is 6.07 Å². The van der Waals surface area contributed by atoms with Crippen LogP contribution in [0.25, 0.3) is 0 Å². The van der Waals surface area contributed by atoms with E-state index in [9.17, 15) is 4.39 Å². The molecule has 2 aromatic carbocycles. The van der Waals surface area contributed by atoms with Crippen molar-refractivity contribution in [2.24, 2.45) is 0 Å². The molecule has 0 aliphatic heterocycles. The average molecular weight is 343 g/mol. The van der Waals surface area contributed by atoms with Gasteiger partial charge in [-0.3, -0.25) is 0 Å². The molecule has 4 heteroatoms. The predicted octanol–water partition coefficient (Wildman–Crippen LogP) is 5.01. The van der Waals surface area contributed by atoms with Gasteiger partial charge in [-0.05, 0) is 41.5 Å². The predicted molar refractivity (Wildman–Crippen MR) is 82.6 cm³/mol. The molecule has 0 aromatic heterocycles. The number of benzene rings is 2. The van der Waals surface area contributed by atoms with Crippen LogP contribution in [0.1, 0.15) is 11.1 Å². The van der Waals surface area contributed by atoms with Crippen molar-refractivity contribution in [3.05, 3.63) is 64.4 Å². The molecule has 0 aliphatic rings. The molecular formula is C15H14BrClFN. The molecule has 0 atom stereocenters. The first-order valence-electron chi connectivity index (χ1n) is 5.90. The van der Waals surface area contributed by atoms with Crippen molar-refractivity contribution >= 4 is 33.2 Å². The van der Waals surface area contributed by atoms with Gasteiger partial charge in [-0.1, -0.05) is 39.7 Å². The van der Waals surface area contributed by atoms with Gasteiger partial charge in [-0.25, -0.2) is 4.39 Å². The van der Waals surface area contributed by atoms with E-state index >= 15 is 0 Å². The fourth-order valence-electron chi connectivity index (χ4n) is 2.03. The molecule has 2 rings (SSSR count). The minimum absolute atomic E-state index is 0.214. The molecule has 0 heterocycles. The molecule has 0 saturated carbocycles. The van der Waals surface area contributed by atoms with Crippen molar-refractivity contribution in [2.75, 3.05) is 11.9 Å². The van der Waals surface area contributed by atoms with Crippen molar-refractivity contribution in [1.82, 2.24) is 0 Å². The lowest BCUT2D eigenvalue weighted by Crippen LogP contribution is -2.17. The van der Waals surface area contributed by atoms with Crippen LogP contribution in [0.2, 0.25) is 5.02 Å². The van der Waals surface area contributed by atoms with E-state index in [0.29, 0.717) is 5.33 Å². The molecule has 0 amide bonds. The minimum Gasteiger partial charge on any atom is -0.370 e. The Labute approximate surface area is 126 Å². The summed E-state index contributed by atoms with van der Waals surface area (Å²) in [4.78, 5) is 2.09. The Bertz CT molecular complexity index is 574. The number of anilines is 1. The van der Waals surface area contributed by atoms with Gasteiger partial charge in [0.05, 0.1) is 0 Å². The average Bonchev–Trinajstić information content (AvgIpc) is 2.38. The first-order chi connectivity index (χ1) is 9.10. The molecule has 0 spiro atoms. The van der Waals surface area contributed by atoms with Gasteiger partial charge in [-0.2, -0.15) is 0 Å². The Morgan fingerprint density at radius 3 is 2.68 bits per heavy atom. The topological polar surface area (TPSA) is 3.24 Å². The van der Waals surface area contributed by atoms with Crippen LogP contribution in [0.5, 0.6) is 0 Å². The van der Waals surface area contributed by atoms with Crippen LogP contribution >= 0.6 is 27.5 Å². The number of halogens is 3. The van der Waals surface area contributed by atoms with E-state index < -0.39 is 0 Å². The molecule has 1 nitrogen and oxygen atoms in total. The van der Waals surface area contributed by atoms with Crippen molar-refractivity contribution in [2.45, 2.75) is 11.9 Å². The third-order valence-corrected chi connectivity index (χ3v) is 3.74. The lowest BCUT2D eigenvalue weighted by Gasteiger charge is -2.22. The lowest BCUT2D eigenvalue weighted by atomic mass is 10.1. The zero-order valence-corrected chi connectivity index (χ0v) is 12.9. The Balaban J connectivity index is 2.22. The molecular weight excluding hydrogens is 329 g/mol. The third kappa shape index (κ3) is 3.71. The molecule has 0 bridgehead atoms. The van der Waals surface area contributed by atoms with E-state index in [4.69, 9.17) is 11.6 Å². The monoisotopic (exact) mass is 341 g/mol. The van der Waals surface area contributed by atoms with Crippen LogP contribution in [-0.2, 0) is 11.9 Å². The molecule has 0 radical (unpaired) electrons. The maximum atomic E-state index is 13.2. The van der Waals surface area contributed by atoms with Crippen LogP contribution in [0.15, 0.2) is 42.5 Å². The SMILES string of the molecule is CN(Cc1cccc(Cl)c1)c1ccc(F)cc1CBr. The summed E-state index contributed by atoms with van der Waals surface area (Å²) in [6.45, 7) is 0.728. The Hall–Kier alpha value is -1.06. The van der Waals surface area contributed by atoms with E-state index in [2.05, 4.69) is 20.8 Å². The van der Waals surface area contributed by atoms with Crippen molar-refractivity contribution in [3.8, 4) is 0 Å². The second-order valence-electron chi connectivity index (χ2n) is 4.39. The zero-order valence-electron chi connectivity index (χ0n) is 10.5. The number of nitrogens with zero attached hydrogens (tertiary/aromatic N) is 1. The summed E-state index contributed by atoms with van der Waals surface area (Å²) >= 11 is 9.37. The summed E-state index contributed by atoms with van der Waals surface area (Å²) in [6.07, 6.45) is 0. The smallest absolute Gasteiger partial charge is 0.123 e. The normalized spacial score (nSPS) is 10.5. The zero-order chi connectivity index (χ0) is 13.8. The molecule has 2 aromatic rings. The highest BCUT2D eigenvalue weighted by Crippen LogP contribution is 2.24. The highest BCUT2D eigenvalue weighted by molar-refractivity contribution is 9.08. The molecule has 0 N–H and O–H groups in total. The van der Waals surface area contributed by atoms with E-state index in [1.807, 2.05) is 31.3 Å². The number of rotatable bonds is 4. The van der Waals surface area contributed by atoms with Gasteiger partial charge in [0.1, 0.15) is 5.82 Å². The van der Waals surface area contributed by atoms with Gasteiger partial charge < -0.3 is 4.90 Å². The van der Waals surface area contributed by atoms with Crippen LogP contribution < -0.4 is 4.90 Å². The summed E-state index contributed by atoms with van der Waals surface area (Å²) in [6, 6.07) is 12.6. The standard InChI is InChI=1S/C15H14BrClFN/c1-19(10-11-3-2-4-13(17)7-11)15-6-5-14(18)8-12(15)9-16/h2-8H,9-10H2,1H3. The van der Waals surface area contributed by atoms with Gasteiger partial charge >= 0.3 is 0 Å². The minimum atomic E-state index is -0.214. The number of hydrogen-bond acceptors (Lipinski definition) is 1. The quantitative estimate of drug-likeness (QED) is 0.706. The number of alkyl halides is 1. The van der Waals surface area contributed by atoms with Gasteiger partial charge in [0, 0.05) is 29.6 Å². The maximum Gasteiger partial charge on any atom is 0.123 e. The molecule has 100 valence electrons. The lowest BCUT2D eigenvalue weighted by molar-refractivity contribution is 0.626. The molecule has 19 heavy (non-hydrogen) atoms. The summed E-state index contributed by atoms with van der Waals surface area (Å²) < 4.78 is 13.2. The fraction of sp³-hybridized carbons (Fsp3) is 0.200. The Morgan fingerprint density at radius 1 is 1.21 bits per heavy atom. The second-order valence-corrected chi connectivity index (χ2v) is 5.39. The van der Waals surface area contributed by atoms with Crippen LogP contribution in [0.4, 0.5) is 10.1 Å². The Kier molecular flexibility index (Phi) is 4.83. The first-order valence-corrected chi connectivity index (χ1v) is 7.40. The number of hydrogen-bond donors (Lipinski definition) is 0. The van der Waals surface area contributed by atoms with E-state index in [0.717, 1.165) is 28.4 Å². The van der Waals surface area contributed by atoms with Crippen molar-refractivity contribution in [3.63, 3.8) is 0 Å². The van der Waals surface area contributed by atoms with Crippen LogP contribution in [-0.4, -0.2) is 7.05 Å². The van der Waals surface area contributed by atoms with Gasteiger partial charge in [0.2, 0.25) is 0 Å². The molecule has 0 saturated heterocycles. The van der Waals surface area contributed by atoms with Gasteiger partial charge in [0.25, 0.3) is 0 Å². The second kappa shape index (κ2) is 6.40. The van der Waals surface area contributed by atoms with E-state index in [-0.39, 0.29) is 5.82 Å². The van der Waals surface area contributed by atoms with Crippen molar-refractivity contribution < 1.29 is 4.39 Å². The fourth-order valence-corrected chi connectivity index (χ4v) is 2.69. The maximum absolute atomic E-state index is 13.2. The van der Waals surface area contributed by atoms with Gasteiger partial charge in [-0.15, -0.1) is 0 Å². The van der Waals surface area contributed by atoms with Crippen LogP contribution in [0.3, 0.4) is 0 Å². The molecule has 0 aliphatic carbocycles. The van der Waals surface area contributed by atoms with Crippen LogP contribution in [0, 0.1) is 5.82 Å². The highest BCUT2D eigenvalue weighted by atomic mass is 79.9. The third-order valence-electron chi connectivity index (χ3n) is 2.91. The summed E-state index contributed by atoms with van der Waals surface area (Å²) in [5.74, 6) is -0.214. The Morgan fingerprint density at radius 2 is 2.00 bits per heavy atom. The van der Waals surface area contributed by atoms with E-state index in [1.54, 1.807) is 12.1 Å². The highest BCUT2D eigenvalue weighted by Gasteiger charge is 2.08. The first kappa shape index (κ1) is 14.4. The molecule has 0 unspecified atom stereocenters. The largest absolute Gasteiger partial charge is 0.370 e. The summed E-state index contributed by atoms with van der Waals surface area (Å²) in [5.41, 5.74) is 3.07. The summed E-state index contributed by atoms with van der Waals surface area (Å²) in [5, 5.41) is 1.35.